The van der Waals surface area contributed by atoms with Crippen molar-refractivity contribution in [2.75, 3.05) is 5.73 Å². The van der Waals surface area contributed by atoms with Crippen LogP contribution < -0.4 is 11.4 Å². The molecule has 25 heavy (non-hydrogen) atoms. The van der Waals surface area contributed by atoms with Crippen molar-refractivity contribution in [2.24, 2.45) is 0 Å². The number of benzene rings is 2. The molecule has 4 rings (SSSR count). The molecule has 0 radical (unpaired) electrons. The third-order valence-corrected chi connectivity index (χ3v) is 4.48. The maximum absolute atomic E-state index is 12.4. The molecule has 4 aromatic rings. The van der Waals surface area contributed by atoms with Gasteiger partial charge in [-0.25, -0.2) is 4.79 Å². The number of H-pyrrole nitrogens is 1. The minimum Gasteiger partial charge on any atom is -0.396 e. The Morgan fingerprint density at radius 1 is 1.16 bits per heavy atom. The normalized spacial score (nSPS) is 11.3. The molecule has 0 atom stereocenters. The van der Waals surface area contributed by atoms with Gasteiger partial charge in [-0.1, -0.05) is 35.5 Å². The van der Waals surface area contributed by atoms with Gasteiger partial charge in [0.2, 0.25) is 0 Å². The highest BCUT2D eigenvalue weighted by atomic mass is 16.5. The zero-order valence-corrected chi connectivity index (χ0v) is 14.0. The first-order chi connectivity index (χ1) is 12.1. The Balaban J connectivity index is 1.88. The summed E-state index contributed by atoms with van der Waals surface area (Å²) in [5, 5.41) is 3.98. The van der Waals surface area contributed by atoms with Crippen LogP contribution in [0.3, 0.4) is 0 Å². The summed E-state index contributed by atoms with van der Waals surface area (Å²) in [5.41, 5.74) is 11.6. The molecule has 0 saturated carbocycles. The van der Waals surface area contributed by atoms with E-state index in [0.29, 0.717) is 23.5 Å². The summed E-state index contributed by atoms with van der Waals surface area (Å²) in [5.74, 6) is 0.703. The zero-order valence-electron chi connectivity index (χ0n) is 14.0. The molecule has 6 nitrogen and oxygen atoms in total. The summed E-state index contributed by atoms with van der Waals surface area (Å²) >= 11 is 0. The van der Waals surface area contributed by atoms with E-state index in [2.05, 4.69) is 10.1 Å². The molecule has 0 aliphatic rings. The number of nitrogen functional groups attached to an aromatic ring is 1. The molecule has 126 valence electrons. The number of rotatable bonds is 3. The van der Waals surface area contributed by atoms with Crippen LogP contribution in [-0.2, 0) is 6.54 Å². The summed E-state index contributed by atoms with van der Waals surface area (Å²) in [6.07, 6.45) is 0. The highest BCUT2D eigenvalue weighted by molar-refractivity contribution is 5.97. The van der Waals surface area contributed by atoms with E-state index in [1.807, 2.05) is 56.3 Å². The van der Waals surface area contributed by atoms with Gasteiger partial charge in [-0.15, -0.1) is 0 Å². The number of imidazole rings is 1. The van der Waals surface area contributed by atoms with Gasteiger partial charge >= 0.3 is 5.69 Å². The fourth-order valence-corrected chi connectivity index (χ4v) is 3.26. The quantitative estimate of drug-likeness (QED) is 0.563. The molecule has 0 fully saturated rings. The van der Waals surface area contributed by atoms with Crippen LogP contribution in [0.25, 0.3) is 22.2 Å². The molecule has 6 heteroatoms. The van der Waals surface area contributed by atoms with E-state index in [0.717, 1.165) is 27.9 Å². The molecule has 0 unspecified atom stereocenters. The minimum absolute atomic E-state index is 0.179. The molecular formula is C19H18N4O2. The van der Waals surface area contributed by atoms with Crippen molar-refractivity contribution in [1.82, 2.24) is 14.7 Å². The molecule has 2 aromatic carbocycles. The number of nitrogens with one attached hydrogen (secondary N) is 1. The lowest BCUT2D eigenvalue weighted by Gasteiger charge is -2.08. The van der Waals surface area contributed by atoms with E-state index in [1.165, 1.54) is 0 Å². The number of aromatic nitrogens is 3. The van der Waals surface area contributed by atoms with Gasteiger partial charge in [0, 0.05) is 11.1 Å². The fourth-order valence-electron chi connectivity index (χ4n) is 3.26. The van der Waals surface area contributed by atoms with E-state index in [4.69, 9.17) is 10.3 Å². The second kappa shape index (κ2) is 5.66. The van der Waals surface area contributed by atoms with Gasteiger partial charge in [-0.3, -0.25) is 4.57 Å². The molecule has 0 spiro atoms. The van der Waals surface area contributed by atoms with Crippen molar-refractivity contribution in [1.29, 1.82) is 0 Å². The Kier molecular flexibility index (Phi) is 3.46. The smallest absolute Gasteiger partial charge is 0.326 e. The number of hydrogen-bond acceptors (Lipinski definition) is 4. The van der Waals surface area contributed by atoms with Crippen LogP contribution in [-0.4, -0.2) is 14.7 Å². The summed E-state index contributed by atoms with van der Waals surface area (Å²) in [6.45, 7) is 4.21. The number of aryl methyl sites for hydroxylation is 2. The largest absolute Gasteiger partial charge is 0.396 e. The van der Waals surface area contributed by atoms with Crippen LogP contribution in [0.15, 0.2) is 51.8 Å². The van der Waals surface area contributed by atoms with Gasteiger partial charge in [0.15, 0.2) is 0 Å². The first-order valence-electron chi connectivity index (χ1n) is 8.04. The predicted molar refractivity (Wildman–Crippen MR) is 97.5 cm³/mol. The van der Waals surface area contributed by atoms with E-state index >= 15 is 0 Å². The van der Waals surface area contributed by atoms with Crippen LogP contribution in [0.2, 0.25) is 0 Å². The Bertz CT molecular complexity index is 1100. The van der Waals surface area contributed by atoms with Crippen molar-refractivity contribution >= 4 is 16.7 Å². The van der Waals surface area contributed by atoms with Gasteiger partial charge in [0.25, 0.3) is 0 Å². The van der Waals surface area contributed by atoms with Crippen LogP contribution in [0.4, 0.5) is 5.69 Å². The molecular weight excluding hydrogens is 316 g/mol. The number of nitrogens with two attached hydrogens (primary N) is 1. The zero-order chi connectivity index (χ0) is 17.6. The van der Waals surface area contributed by atoms with E-state index in [-0.39, 0.29) is 5.69 Å². The third kappa shape index (κ3) is 2.42. The molecule has 0 aliphatic heterocycles. The molecule has 2 aromatic heterocycles. The van der Waals surface area contributed by atoms with Gasteiger partial charge in [-0.05, 0) is 31.5 Å². The average molecular weight is 334 g/mol. The number of hydrogen-bond donors (Lipinski definition) is 2. The summed E-state index contributed by atoms with van der Waals surface area (Å²) < 4.78 is 6.93. The summed E-state index contributed by atoms with van der Waals surface area (Å²) in [6, 6.07) is 13.7. The maximum atomic E-state index is 12.4. The van der Waals surface area contributed by atoms with Crippen LogP contribution >= 0.6 is 0 Å². The van der Waals surface area contributed by atoms with Gasteiger partial charge < -0.3 is 15.2 Å². The van der Waals surface area contributed by atoms with Crippen LogP contribution in [0.1, 0.15) is 17.0 Å². The lowest BCUT2D eigenvalue weighted by molar-refractivity contribution is 0.393. The first-order valence-corrected chi connectivity index (χ1v) is 8.04. The molecule has 0 bridgehead atoms. The SMILES string of the molecule is Cc1noc(C)c1-c1ccc2c([nH]c(=O)n2Cc2ccccc2)c1N. The molecule has 2 heterocycles. The predicted octanol–water partition coefficient (Wildman–Crippen LogP) is 3.23. The van der Waals surface area contributed by atoms with Gasteiger partial charge in [0.1, 0.15) is 5.76 Å². The second-order valence-electron chi connectivity index (χ2n) is 6.12. The molecule has 0 saturated heterocycles. The van der Waals surface area contributed by atoms with Gasteiger partial charge in [-0.2, -0.15) is 0 Å². The van der Waals surface area contributed by atoms with Crippen molar-refractivity contribution < 1.29 is 4.52 Å². The summed E-state index contributed by atoms with van der Waals surface area (Å²) in [7, 11) is 0. The highest BCUT2D eigenvalue weighted by Gasteiger charge is 2.18. The van der Waals surface area contributed by atoms with Crippen molar-refractivity contribution in [2.45, 2.75) is 20.4 Å². The second-order valence-corrected chi connectivity index (χ2v) is 6.12. The van der Waals surface area contributed by atoms with E-state index in [1.54, 1.807) is 4.57 Å². The van der Waals surface area contributed by atoms with Crippen LogP contribution in [0.5, 0.6) is 0 Å². The third-order valence-electron chi connectivity index (χ3n) is 4.48. The Morgan fingerprint density at radius 2 is 1.92 bits per heavy atom. The van der Waals surface area contributed by atoms with E-state index < -0.39 is 0 Å². The minimum atomic E-state index is -0.179. The maximum Gasteiger partial charge on any atom is 0.326 e. The van der Waals surface area contributed by atoms with E-state index in [9.17, 15) is 4.79 Å². The first kappa shape index (κ1) is 15.3. The average Bonchev–Trinajstić information content (AvgIpc) is 3.10. The number of fused-ring (bicyclic) bond motifs is 1. The lowest BCUT2D eigenvalue weighted by atomic mass is 10.0. The molecule has 0 aliphatic carbocycles. The number of nitrogens with zero attached hydrogens (tertiary/aromatic N) is 2. The standard InChI is InChI=1S/C19H18N4O2/c1-11-16(12(2)25-22-11)14-8-9-15-18(17(14)20)21-19(24)23(15)10-13-6-4-3-5-7-13/h3-9H,10,20H2,1-2H3,(H,21,24). The van der Waals surface area contributed by atoms with Gasteiger partial charge in [0.05, 0.1) is 29.0 Å². The Morgan fingerprint density at radius 3 is 2.60 bits per heavy atom. The number of anilines is 1. The fraction of sp³-hybridized carbons (Fsp3) is 0.158. The Hall–Kier alpha value is -3.28. The Labute approximate surface area is 143 Å². The molecule has 0 amide bonds. The lowest BCUT2D eigenvalue weighted by Crippen LogP contribution is -2.17. The van der Waals surface area contributed by atoms with Crippen molar-refractivity contribution in [3.8, 4) is 11.1 Å². The van der Waals surface area contributed by atoms with Crippen molar-refractivity contribution in [3.05, 3.63) is 70.0 Å². The topological polar surface area (TPSA) is 89.8 Å². The number of aromatic amines is 1. The van der Waals surface area contributed by atoms with Crippen molar-refractivity contribution in [3.63, 3.8) is 0 Å². The highest BCUT2D eigenvalue weighted by Crippen LogP contribution is 2.35. The summed E-state index contributed by atoms with van der Waals surface area (Å²) in [4.78, 5) is 15.3. The monoisotopic (exact) mass is 334 g/mol. The molecule has 3 N–H and O–H groups in total. The van der Waals surface area contributed by atoms with Crippen LogP contribution in [0, 0.1) is 13.8 Å².